The van der Waals surface area contributed by atoms with Crippen LogP contribution >= 0.6 is 11.8 Å². The minimum atomic E-state index is -4.34. The van der Waals surface area contributed by atoms with Crippen molar-refractivity contribution in [1.29, 1.82) is 0 Å². The first-order valence-electron chi connectivity index (χ1n) is 8.86. The molecule has 0 saturated carbocycles. The number of benzene rings is 1. The van der Waals surface area contributed by atoms with E-state index < -0.39 is 23.8 Å². The van der Waals surface area contributed by atoms with Crippen molar-refractivity contribution in [3.8, 4) is 11.3 Å². The van der Waals surface area contributed by atoms with E-state index in [0.717, 1.165) is 11.1 Å². The Morgan fingerprint density at radius 2 is 2.14 bits per heavy atom. The van der Waals surface area contributed by atoms with Gasteiger partial charge < -0.3 is 24.9 Å². The predicted molar refractivity (Wildman–Crippen MR) is 100 cm³/mol. The molecule has 0 bridgehead atoms. The molecule has 2 heterocycles. The maximum atomic E-state index is 12.1. The van der Waals surface area contributed by atoms with Gasteiger partial charge in [0.15, 0.2) is 12.2 Å². The third-order valence-electron chi connectivity index (χ3n) is 4.37. The van der Waals surface area contributed by atoms with Crippen molar-refractivity contribution in [1.82, 2.24) is 15.6 Å². The molecule has 3 rings (SSSR count). The Labute approximate surface area is 169 Å². The van der Waals surface area contributed by atoms with Gasteiger partial charge in [-0.25, -0.2) is 9.78 Å². The maximum absolute atomic E-state index is 12.1. The summed E-state index contributed by atoms with van der Waals surface area (Å²) in [5.41, 5.74) is -2.52. The number of hydrogen-bond acceptors (Lipinski definition) is 7. The van der Waals surface area contributed by atoms with E-state index in [4.69, 9.17) is 9.15 Å². The molecule has 1 saturated heterocycles. The van der Waals surface area contributed by atoms with E-state index in [0.29, 0.717) is 12.2 Å². The fraction of sp³-hybridized carbons (Fsp3) is 0.444. The summed E-state index contributed by atoms with van der Waals surface area (Å²) >= 11 is -0.221. The number of nitrogens with one attached hydrogen (secondary N) is 2. The summed E-state index contributed by atoms with van der Waals surface area (Å²) in [4.78, 5) is 15.7. The number of alkyl halides is 3. The number of aliphatic hydroxyl groups excluding tert-OH is 1. The zero-order valence-electron chi connectivity index (χ0n) is 15.2. The van der Waals surface area contributed by atoms with Crippen LogP contribution in [0.5, 0.6) is 0 Å². The van der Waals surface area contributed by atoms with E-state index in [9.17, 15) is 23.1 Å². The monoisotopic (exact) mass is 431 g/mol. The summed E-state index contributed by atoms with van der Waals surface area (Å²) < 4.78 is 46.8. The van der Waals surface area contributed by atoms with Gasteiger partial charge in [-0.2, -0.15) is 13.2 Å². The molecule has 1 amide bonds. The molecular weight excluding hydrogens is 411 g/mol. The lowest BCUT2D eigenvalue weighted by Crippen LogP contribution is -2.42. The van der Waals surface area contributed by atoms with Crippen LogP contribution in [0.4, 0.5) is 18.0 Å². The topological polar surface area (TPSA) is 96.6 Å². The Balaban J connectivity index is 1.50. The molecule has 0 radical (unpaired) electrons. The lowest BCUT2D eigenvalue weighted by Gasteiger charge is -2.22. The van der Waals surface area contributed by atoms with Crippen LogP contribution < -0.4 is 10.6 Å². The number of halogens is 3. The number of nitrogens with zero attached hydrogens (tertiary/aromatic N) is 1. The predicted octanol–water partition coefficient (Wildman–Crippen LogP) is 2.56. The Bertz CT molecular complexity index is 787. The lowest BCUT2D eigenvalue weighted by atomic mass is 10.0. The first-order valence-corrected chi connectivity index (χ1v) is 9.85. The van der Waals surface area contributed by atoms with Crippen molar-refractivity contribution in [2.75, 3.05) is 18.8 Å². The van der Waals surface area contributed by atoms with Crippen molar-refractivity contribution in [3.63, 3.8) is 0 Å². The molecule has 3 atom stereocenters. The second-order valence-corrected chi connectivity index (χ2v) is 7.60. The van der Waals surface area contributed by atoms with Gasteiger partial charge in [-0.3, -0.25) is 0 Å². The number of hydrogen-bond donors (Lipinski definition) is 3. The lowest BCUT2D eigenvalue weighted by molar-refractivity contribution is -0.0328. The van der Waals surface area contributed by atoms with E-state index >= 15 is 0 Å². The summed E-state index contributed by atoms with van der Waals surface area (Å²) in [5, 5.41) is 15.5. The fourth-order valence-corrected chi connectivity index (χ4v) is 3.46. The third kappa shape index (κ3) is 6.38. The Morgan fingerprint density at radius 1 is 1.38 bits per heavy atom. The number of ether oxygens (including phenoxy) is 1. The Morgan fingerprint density at radius 3 is 2.79 bits per heavy atom. The molecule has 0 unspecified atom stereocenters. The second-order valence-electron chi connectivity index (χ2n) is 6.44. The molecule has 0 aliphatic carbocycles. The van der Waals surface area contributed by atoms with Gasteiger partial charge in [0.1, 0.15) is 12.2 Å². The normalized spacial score (nSPS) is 21.9. The molecule has 1 aliphatic heterocycles. The Kier molecular flexibility index (Phi) is 7.04. The van der Waals surface area contributed by atoms with E-state index in [-0.39, 0.29) is 36.6 Å². The van der Waals surface area contributed by atoms with Crippen LogP contribution in [-0.2, 0) is 11.2 Å². The van der Waals surface area contributed by atoms with Crippen molar-refractivity contribution in [3.05, 3.63) is 42.4 Å². The highest BCUT2D eigenvalue weighted by Crippen LogP contribution is 2.29. The van der Waals surface area contributed by atoms with Gasteiger partial charge in [0.05, 0.1) is 12.2 Å². The minimum Gasteiger partial charge on any atom is -0.444 e. The molecule has 158 valence electrons. The summed E-state index contributed by atoms with van der Waals surface area (Å²) in [7, 11) is 0. The molecule has 1 fully saturated rings. The van der Waals surface area contributed by atoms with Crippen LogP contribution in [0.2, 0.25) is 0 Å². The van der Waals surface area contributed by atoms with Gasteiger partial charge in [-0.15, -0.1) is 0 Å². The zero-order valence-corrected chi connectivity index (χ0v) is 16.0. The number of β-amino-alcohol motifs (C(OH)–C–C–N with tert-alkyl or cyclic N) is 1. The van der Waals surface area contributed by atoms with Crippen LogP contribution in [0.3, 0.4) is 0 Å². The van der Waals surface area contributed by atoms with Crippen LogP contribution in [0.1, 0.15) is 5.56 Å². The highest BCUT2D eigenvalue weighted by molar-refractivity contribution is 8.00. The molecule has 1 aliphatic rings. The van der Waals surface area contributed by atoms with Gasteiger partial charge in [0, 0.05) is 24.4 Å². The second kappa shape index (κ2) is 9.51. The van der Waals surface area contributed by atoms with Gasteiger partial charge in [-0.05, 0) is 23.7 Å². The van der Waals surface area contributed by atoms with Gasteiger partial charge in [0.2, 0.25) is 0 Å². The average Bonchev–Trinajstić information content (AvgIpc) is 3.31. The molecule has 7 nitrogen and oxygen atoms in total. The number of carbonyl (C=O) groups is 1. The summed E-state index contributed by atoms with van der Waals surface area (Å²) in [5.74, 6) is 0.331. The molecule has 1 aromatic heterocycles. The fourth-order valence-electron chi connectivity index (χ4n) is 3.02. The third-order valence-corrected chi connectivity index (χ3v) is 5.11. The largest absolute Gasteiger partial charge is 0.444 e. The smallest absolute Gasteiger partial charge is 0.441 e. The number of aromatic nitrogens is 1. The number of aliphatic hydroxyl groups is 1. The van der Waals surface area contributed by atoms with E-state index in [1.165, 1.54) is 6.39 Å². The highest BCUT2D eigenvalue weighted by atomic mass is 32.2. The average molecular weight is 431 g/mol. The quantitative estimate of drug-likeness (QED) is 0.580. The highest BCUT2D eigenvalue weighted by Gasteiger charge is 2.37. The molecule has 0 spiro atoms. The standard InChI is InChI=1S/C18H20F3N3O4S/c19-18(20,21)29-6-5-23-17(26)28-16-13(24-8-14(16)25)7-11-1-3-12(4-2-11)15-9-22-10-27-15/h1-4,9-10,13-14,16,24-25H,5-8H2,(H,23,26)/t13-,14+,16+/m1/s1. The SMILES string of the molecule is O=C(NCCSC(F)(F)F)O[C@@H]1[C@@H](O)CN[C@@H]1Cc1ccc(-c2cnco2)cc1. The van der Waals surface area contributed by atoms with E-state index in [1.54, 1.807) is 6.20 Å². The van der Waals surface area contributed by atoms with Crippen LogP contribution in [0.25, 0.3) is 11.3 Å². The number of carbonyl (C=O) groups excluding carboxylic acids is 1. The molecule has 3 N–H and O–H groups in total. The van der Waals surface area contributed by atoms with Crippen molar-refractivity contribution in [2.24, 2.45) is 0 Å². The summed E-state index contributed by atoms with van der Waals surface area (Å²) in [6.07, 6.45) is 0.894. The molecular formula is C18H20F3N3O4S. The van der Waals surface area contributed by atoms with Gasteiger partial charge in [0.25, 0.3) is 0 Å². The summed E-state index contributed by atoms with van der Waals surface area (Å²) in [6, 6.07) is 7.23. The van der Waals surface area contributed by atoms with Crippen LogP contribution in [0.15, 0.2) is 41.3 Å². The van der Waals surface area contributed by atoms with Crippen molar-refractivity contribution in [2.45, 2.75) is 30.2 Å². The Hall–Kier alpha value is -2.24. The molecule has 29 heavy (non-hydrogen) atoms. The first kappa shape index (κ1) is 21.5. The van der Waals surface area contributed by atoms with E-state index in [2.05, 4.69) is 15.6 Å². The number of oxazole rings is 1. The van der Waals surface area contributed by atoms with Crippen LogP contribution in [-0.4, -0.2) is 58.8 Å². The first-order chi connectivity index (χ1) is 13.8. The minimum absolute atomic E-state index is 0.187. The van der Waals surface area contributed by atoms with Crippen LogP contribution in [0, 0.1) is 0 Å². The number of amides is 1. The number of thioether (sulfide) groups is 1. The number of rotatable bonds is 7. The summed E-state index contributed by atoms with van der Waals surface area (Å²) in [6.45, 7) is 0.0652. The zero-order chi connectivity index (χ0) is 20.9. The molecule has 2 aromatic rings. The number of alkyl carbamates (subject to hydrolysis) is 1. The van der Waals surface area contributed by atoms with E-state index in [1.807, 2.05) is 24.3 Å². The molecule has 11 heteroatoms. The van der Waals surface area contributed by atoms with Gasteiger partial charge >= 0.3 is 11.6 Å². The molecule has 1 aromatic carbocycles. The van der Waals surface area contributed by atoms with Crippen molar-refractivity contribution >= 4 is 17.9 Å². The van der Waals surface area contributed by atoms with Crippen molar-refractivity contribution < 1.29 is 32.2 Å². The van der Waals surface area contributed by atoms with Gasteiger partial charge in [-0.1, -0.05) is 24.3 Å². The maximum Gasteiger partial charge on any atom is 0.441 e.